The average Bonchev–Trinajstić information content (AvgIpc) is 2.67. The molecule has 0 aliphatic carbocycles. The van der Waals surface area contributed by atoms with Crippen LogP contribution in [0.15, 0.2) is 53.7 Å². The van der Waals surface area contributed by atoms with Crippen molar-refractivity contribution >= 4 is 29.7 Å². The number of hydrogen-bond acceptors (Lipinski definition) is 5. The molecule has 2 aromatic carbocycles. The number of amides is 1. The van der Waals surface area contributed by atoms with Crippen LogP contribution in [0.2, 0.25) is 5.02 Å². The molecule has 1 amide bonds. The number of hydrogen-bond donors (Lipinski definition) is 1. The molecule has 0 fully saturated rings. The molecule has 2 aromatic rings. The second kappa shape index (κ2) is 9.58. The summed E-state index contributed by atoms with van der Waals surface area (Å²) in [6, 6.07) is 13.9. The lowest BCUT2D eigenvalue weighted by Crippen LogP contribution is -2.33. The first-order chi connectivity index (χ1) is 12.5. The molecule has 0 saturated heterocycles. The zero-order valence-corrected chi connectivity index (χ0v) is 15.2. The number of nitrogens with zero attached hydrogens (tertiary/aromatic N) is 1. The minimum absolute atomic E-state index is 0.303. The molecule has 1 atom stereocenters. The minimum atomic E-state index is -0.761. The van der Waals surface area contributed by atoms with Crippen LogP contribution in [0, 0.1) is 0 Å². The number of benzene rings is 2. The van der Waals surface area contributed by atoms with Crippen LogP contribution in [0.3, 0.4) is 0 Å². The van der Waals surface area contributed by atoms with Crippen LogP contribution in [0.25, 0.3) is 0 Å². The third-order valence-corrected chi connectivity index (χ3v) is 3.90. The van der Waals surface area contributed by atoms with Gasteiger partial charge in [0.2, 0.25) is 6.10 Å². The van der Waals surface area contributed by atoms with E-state index in [2.05, 4.69) is 15.2 Å². The van der Waals surface area contributed by atoms with Crippen molar-refractivity contribution in [3.8, 4) is 0 Å². The zero-order chi connectivity index (χ0) is 18.9. The number of nitrogens with one attached hydrogen (secondary N) is 1. The first kappa shape index (κ1) is 19.5. The second-order valence-corrected chi connectivity index (χ2v) is 5.81. The first-order valence-corrected chi connectivity index (χ1v) is 8.27. The molecule has 0 heterocycles. The van der Waals surface area contributed by atoms with Crippen molar-refractivity contribution in [1.82, 2.24) is 5.32 Å². The molecule has 6 nitrogen and oxygen atoms in total. The van der Waals surface area contributed by atoms with Crippen LogP contribution in [0.4, 0.5) is 0 Å². The lowest BCUT2D eigenvalue weighted by Gasteiger charge is -2.11. The Balaban J connectivity index is 1.82. The van der Waals surface area contributed by atoms with Gasteiger partial charge in [-0.15, -0.1) is 0 Å². The molecular formula is C19H19ClN2O4. The fourth-order valence-corrected chi connectivity index (χ4v) is 2.22. The number of halogens is 1. The highest BCUT2D eigenvalue weighted by Gasteiger charge is 2.14. The molecule has 1 unspecified atom stereocenters. The van der Waals surface area contributed by atoms with E-state index in [1.165, 1.54) is 13.3 Å². The van der Waals surface area contributed by atoms with Crippen LogP contribution in [0.5, 0.6) is 0 Å². The molecule has 0 radical (unpaired) electrons. The maximum absolute atomic E-state index is 12.0. The predicted molar refractivity (Wildman–Crippen MR) is 99.2 cm³/mol. The molecule has 26 heavy (non-hydrogen) atoms. The highest BCUT2D eigenvalue weighted by atomic mass is 35.5. The number of carbonyl (C=O) groups is 2. The summed E-state index contributed by atoms with van der Waals surface area (Å²) in [6.45, 7) is 1.91. The van der Waals surface area contributed by atoms with Crippen molar-refractivity contribution < 1.29 is 19.2 Å². The quantitative estimate of drug-likeness (QED) is 0.458. The van der Waals surface area contributed by atoms with Gasteiger partial charge in [-0.05, 0) is 36.2 Å². The molecule has 0 aromatic heterocycles. The van der Waals surface area contributed by atoms with E-state index in [9.17, 15) is 9.59 Å². The van der Waals surface area contributed by atoms with Crippen LogP contribution < -0.4 is 5.32 Å². The summed E-state index contributed by atoms with van der Waals surface area (Å²) >= 11 is 6.04. The summed E-state index contributed by atoms with van der Waals surface area (Å²) in [5.74, 6) is -0.711. The molecule has 0 saturated carbocycles. The summed E-state index contributed by atoms with van der Waals surface area (Å²) in [5.41, 5.74) is 1.99. The van der Waals surface area contributed by atoms with Gasteiger partial charge in [-0.3, -0.25) is 4.79 Å². The fourth-order valence-electron chi connectivity index (χ4n) is 2.02. The van der Waals surface area contributed by atoms with Crippen molar-refractivity contribution in [3.63, 3.8) is 0 Å². The van der Waals surface area contributed by atoms with Gasteiger partial charge in [0, 0.05) is 11.6 Å². The van der Waals surface area contributed by atoms with E-state index in [1.54, 1.807) is 37.3 Å². The Morgan fingerprint density at radius 3 is 2.54 bits per heavy atom. The average molecular weight is 375 g/mol. The second-order valence-electron chi connectivity index (χ2n) is 5.40. The first-order valence-electron chi connectivity index (χ1n) is 7.90. The summed E-state index contributed by atoms with van der Waals surface area (Å²) in [4.78, 5) is 28.5. The summed E-state index contributed by atoms with van der Waals surface area (Å²) < 4.78 is 4.63. The van der Waals surface area contributed by atoms with Crippen molar-refractivity contribution in [1.29, 1.82) is 0 Å². The molecule has 7 heteroatoms. The van der Waals surface area contributed by atoms with Gasteiger partial charge in [-0.2, -0.15) is 0 Å². The Morgan fingerprint density at radius 1 is 1.19 bits per heavy atom. The normalized spacial score (nSPS) is 11.8. The van der Waals surface area contributed by atoms with E-state index in [0.717, 1.165) is 11.1 Å². The Kier molecular flexibility index (Phi) is 7.17. The molecule has 0 bridgehead atoms. The summed E-state index contributed by atoms with van der Waals surface area (Å²) in [5, 5.41) is 7.14. The molecule has 0 aliphatic rings. The topological polar surface area (TPSA) is 77.0 Å². The molecule has 0 spiro atoms. The Labute approximate surface area is 156 Å². The van der Waals surface area contributed by atoms with Crippen molar-refractivity contribution in [3.05, 3.63) is 70.2 Å². The van der Waals surface area contributed by atoms with Gasteiger partial charge in [-0.25, -0.2) is 4.79 Å². The van der Waals surface area contributed by atoms with Crippen LogP contribution in [0.1, 0.15) is 28.4 Å². The summed E-state index contributed by atoms with van der Waals surface area (Å²) in [7, 11) is 1.32. The van der Waals surface area contributed by atoms with Crippen molar-refractivity contribution in [2.24, 2.45) is 5.16 Å². The molecule has 2 rings (SSSR count). The number of esters is 1. The third kappa shape index (κ3) is 5.60. The Morgan fingerprint density at radius 2 is 1.88 bits per heavy atom. The Bertz CT molecular complexity index is 790. The van der Waals surface area contributed by atoms with Crippen LogP contribution >= 0.6 is 11.6 Å². The standard InChI is InChI=1S/C19H19ClN2O4/c1-13(18(23)21-12-16-5-3-4-6-17(16)20)26-22-11-14-7-9-15(10-8-14)19(24)25-2/h3-11,13H,12H2,1-2H3,(H,21,23)/b22-11+. The third-order valence-electron chi connectivity index (χ3n) is 3.53. The van der Waals surface area contributed by atoms with Gasteiger partial charge in [-0.1, -0.05) is 47.1 Å². The number of ether oxygens (including phenoxy) is 1. The van der Waals surface area contributed by atoms with Gasteiger partial charge in [0.1, 0.15) is 0 Å². The smallest absolute Gasteiger partial charge is 0.337 e. The maximum Gasteiger partial charge on any atom is 0.337 e. The number of oxime groups is 1. The van der Waals surface area contributed by atoms with E-state index >= 15 is 0 Å². The van der Waals surface area contributed by atoms with Gasteiger partial charge in [0.25, 0.3) is 5.91 Å². The van der Waals surface area contributed by atoms with E-state index in [1.807, 2.05) is 18.2 Å². The maximum atomic E-state index is 12.0. The summed E-state index contributed by atoms with van der Waals surface area (Å²) in [6.07, 6.45) is 0.696. The lowest BCUT2D eigenvalue weighted by atomic mass is 10.1. The molecule has 136 valence electrons. The van der Waals surface area contributed by atoms with Crippen LogP contribution in [-0.2, 0) is 20.9 Å². The highest BCUT2D eigenvalue weighted by Crippen LogP contribution is 2.14. The molecule has 0 aliphatic heterocycles. The van der Waals surface area contributed by atoms with Gasteiger partial charge in [0.15, 0.2) is 0 Å². The SMILES string of the molecule is COC(=O)c1ccc(/C=N/OC(C)C(=O)NCc2ccccc2Cl)cc1. The van der Waals surface area contributed by atoms with E-state index < -0.39 is 12.1 Å². The largest absolute Gasteiger partial charge is 0.465 e. The van der Waals surface area contributed by atoms with Crippen molar-refractivity contribution in [2.75, 3.05) is 7.11 Å². The molecular weight excluding hydrogens is 356 g/mol. The fraction of sp³-hybridized carbons (Fsp3) is 0.211. The van der Waals surface area contributed by atoms with Gasteiger partial charge in [0.05, 0.1) is 18.9 Å². The number of methoxy groups -OCH3 is 1. The van der Waals surface area contributed by atoms with E-state index in [-0.39, 0.29) is 5.91 Å². The number of rotatable bonds is 7. The van der Waals surface area contributed by atoms with E-state index in [4.69, 9.17) is 16.4 Å². The minimum Gasteiger partial charge on any atom is -0.465 e. The van der Waals surface area contributed by atoms with Crippen molar-refractivity contribution in [2.45, 2.75) is 19.6 Å². The number of carbonyl (C=O) groups excluding carboxylic acids is 2. The Hall–Kier alpha value is -2.86. The monoisotopic (exact) mass is 374 g/mol. The zero-order valence-electron chi connectivity index (χ0n) is 14.4. The molecule has 1 N–H and O–H groups in total. The van der Waals surface area contributed by atoms with Gasteiger partial charge < -0.3 is 14.9 Å². The lowest BCUT2D eigenvalue weighted by molar-refractivity contribution is -0.131. The van der Waals surface area contributed by atoms with E-state index in [0.29, 0.717) is 17.1 Å². The highest BCUT2D eigenvalue weighted by molar-refractivity contribution is 6.31. The predicted octanol–water partition coefficient (Wildman–Crippen LogP) is 3.18. The van der Waals surface area contributed by atoms with Crippen LogP contribution in [-0.4, -0.2) is 31.3 Å². The van der Waals surface area contributed by atoms with Gasteiger partial charge >= 0.3 is 5.97 Å².